The van der Waals surface area contributed by atoms with Gasteiger partial charge in [-0.05, 0) is 77.4 Å². The summed E-state index contributed by atoms with van der Waals surface area (Å²) in [5, 5.41) is 3.48. The van der Waals surface area contributed by atoms with Gasteiger partial charge in [0.2, 0.25) is 0 Å². The van der Waals surface area contributed by atoms with Crippen molar-refractivity contribution in [3.8, 4) is 0 Å². The zero-order valence-corrected chi connectivity index (χ0v) is 13.9. The van der Waals surface area contributed by atoms with Crippen molar-refractivity contribution < 1.29 is 4.39 Å². The minimum atomic E-state index is -0.140. The van der Waals surface area contributed by atoms with Crippen LogP contribution in [0, 0.1) is 16.3 Å². The van der Waals surface area contributed by atoms with Gasteiger partial charge < -0.3 is 5.32 Å². The maximum Gasteiger partial charge on any atom is 0.126 e. The van der Waals surface area contributed by atoms with Crippen LogP contribution in [0.15, 0.2) is 42.5 Å². The molecule has 0 saturated carbocycles. The van der Waals surface area contributed by atoms with Crippen molar-refractivity contribution in [2.24, 2.45) is 0 Å². The summed E-state index contributed by atoms with van der Waals surface area (Å²) < 4.78 is 14.6. The SMILES string of the molecule is CCNC(Cc1ccc(I)cc1)c1ccc(F)c(C)c1. The molecule has 1 nitrogen and oxygen atoms in total. The lowest BCUT2D eigenvalue weighted by atomic mass is 9.97. The Labute approximate surface area is 133 Å². The van der Waals surface area contributed by atoms with Gasteiger partial charge in [-0.3, -0.25) is 0 Å². The zero-order chi connectivity index (χ0) is 14.5. The summed E-state index contributed by atoms with van der Waals surface area (Å²) in [4.78, 5) is 0. The van der Waals surface area contributed by atoms with Crippen molar-refractivity contribution in [2.45, 2.75) is 26.3 Å². The van der Waals surface area contributed by atoms with Gasteiger partial charge in [-0.25, -0.2) is 4.39 Å². The Morgan fingerprint density at radius 3 is 2.45 bits per heavy atom. The van der Waals surface area contributed by atoms with Gasteiger partial charge in [0.1, 0.15) is 5.82 Å². The van der Waals surface area contributed by atoms with Crippen LogP contribution in [0.5, 0.6) is 0 Å². The van der Waals surface area contributed by atoms with E-state index in [1.165, 1.54) is 9.13 Å². The number of benzene rings is 2. The molecule has 0 radical (unpaired) electrons. The van der Waals surface area contributed by atoms with Gasteiger partial charge in [-0.2, -0.15) is 0 Å². The van der Waals surface area contributed by atoms with E-state index in [0.29, 0.717) is 5.56 Å². The lowest BCUT2D eigenvalue weighted by molar-refractivity contribution is 0.546. The Kier molecular flexibility index (Phi) is 5.54. The fourth-order valence-corrected chi connectivity index (χ4v) is 2.65. The van der Waals surface area contributed by atoms with E-state index in [1.54, 1.807) is 6.07 Å². The first-order valence-electron chi connectivity index (χ1n) is 6.84. The predicted octanol–water partition coefficient (Wildman–Crippen LogP) is 4.63. The Morgan fingerprint density at radius 2 is 1.85 bits per heavy atom. The second-order valence-electron chi connectivity index (χ2n) is 4.95. The first-order chi connectivity index (χ1) is 9.60. The van der Waals surface area contributed by atoms with Gasteiger partial charge in [0, 0.05) is 9.61 Å². The summed E-state index contributed by atoms with van der Waals surface area (Å²) in [6, 6.07) is 14.1. The Balaban J connectivity index is 2.21. The molecule has 0 aliphatic carbocycles. The van der Waals surface area contributed by atoms with Crippen LogP contribution in [0.1, 0.15) is 29.7 Å². The van der Waals surface area contributed by atoms with Crippen molar-refractivity contribution in [3.63, 3.8) is 0 Å². The maximum atomic E-state index is 13.4. The smallest absolute Gasteiger partial charge is 0.126 e. The quantitative estimate of drug-likeness (QED) is 0.743. The van der Waals surface area contributed by atoms with Gasteiger partial charge >= 0.3 is 0 Å². The molecule has 2 rings (SSSR count). The zero-order valence-electron chi connectivity index (χ0n) is 11.8. The standard InChI is InChI=1S/C17H19FIN/c1-3-20-17(11-13-4-7-15(19)8-5-13)14-6-9-16(18)12(2)10-14/h4-10,17,20H,3,11H2,1-2H3. The number of hydrogen-bond donors (Lipinski definition) is 1. The van der Waals surface area contributed by atoms with Crippen LogP contribution in [-0.4, -0.2) is 6.54 Å². The molecule has 0 heterocycles. The minimum Gasteiger partial charge on any atom is -0.310 e. The summed E-state index contributed by atoms with van der Waals surface area (Å²) >= 11 is 2.31. The van der Waals surface area contributed by atoms with Gasteiger partial charge in [0.25, 0.3) is 0 Å². The average Bonchev–Trinajstić information content (AvgIpc) is 2.44. The van der Waals surface area contributed by atoms with Crippen LogP contribution in [0.3, 0.4) is 0 Å². The molecule has 0 bridgehead atoms. The third-order valence-electron chi connectivity index (χ3n) is 3.39. The van der Waals surface area contributed by atoms with E-state index in [-0.39, 0.29) is 11.9 Å². The molecule has 0 spiro atoms. The van der Waals surface area contributed by atoms with Crippen molar-refractivity contribution in [2.75, 3.05) is 6.54 Å². The first kappa shape index (κ1) is 15.4. The van der Waals surface area contributed by atoms with Crippen molar-refractivity contribution in [3.05, 3.63) is 68.5 Å². The molecule has 0 aliphatic heterocycles. The summed E-state index contributed by atoms with van der Waals surface area (Å²) in [5.41, 5.74) is 3.13. The van der Waals surface area contributed by atoms with Gasteiger partial charge in [-0.1, -0.05) is 31.2 Å². The second-order valence-corrected chi connectivity index (χ2v) is 6.20. The fraction of sp³-hybridized carbons (Fsp3) is 0.294. The fourth-order valence-electron chi connectivity index (χ4n) is 2.30. The van der Waals surface area contributed by atoms with Crippen LogP contribution >= 0.6 is 22.6 Å². The lowest BCUT2D eigenvalue weighted by Gasteiger charge is -2.19. The van der Waals surface area contributed by atoms with Crippen LogP contribution in [0.4, 0.5) is 4.39 Å². The van der Waals surface area contributed by atoms with E-state index in [1.807, 2.05) is 19.1 Å². The number of halogens is 2. The molecule has 20 heavy (non-hydrogen) atoms. The molecular weight excluding hydrogens is 364 g/mol. The normalized spacial score (nSPS) is 12.4. The van der Waals surface area contributed by atoms with Gasteiger partial charge in [0.15, 0.2) is 0 Å². The van der Waals surface area contributed by atoms with E-state index < -0.39 is 0 Å². The van der Waals surface area contributed by atoms with E-state index in [2.05, 4.69) is 59.1 Å². The largest absolute Gasteiger partial charge is 0.310 e. The average molecular weight is 383 g/mol. The summed E-state index contributed by atoms with van der Waals surface area (Å²) in [6.07, 6.45) is 0.913. The molecule has 0 aromatic heterocycles. The topological polar surface area (TPSA) is 12.0 Å². The highest BCUT2D eigenvalue weighted by Gasteiger charge is 2.12. The van der Waals surface area contributed by atoms with Crippen molar-refractivity contribution >= 4 is 22.6 Å². The molecule has 2 aromatic rings. The van der Waals surface area contributed by atoms with Crippen molar-refractivity contribution in [1.29, 1.82) is 0 Å². The van der Waals surface area contributed by atoms with Crippen LogP contribution in [0.25, 0.3) is 0 Å². The molecule has 1 atom stereocenters. The number of aryl methyl sites for hydroxylation is 1. The first-order valence-corrected chi connectivity index (χ1v) is 7.92. The highest BCUT2D eigenvalue weighted by Crippen LogP contribution is 2.21. The molecule has 1 unspecified atom stereocenters. The van der Waals surface area contributed by atoms with Gasteiger partial charge in [-0.15, -0.1) is 0 Å². The Hall–Kier alpha value is -0.940. The predicted molar refractivity (Wildman–Crippen MR) is 90.4 cm³/mol. The molecule has 106 valence electrons. The Morgan fingerprint density at radius 1 is 1.15 bits per heavy atom. The van der Waals surface area contributed by atoms with Crippen LogP contribution in [-0.2, 0) is 6.42 Å². The molecule has 2 aromatic carbocycles. The maximum absolute atomic E-state index is 13.4. The molecule has 0 fully saturated rings. The Bertz CT molecular complexity index is 566. The van der Waals surface area contributed by atoms with E-state index in [0.717, 1.165) is 18.5 Å². The van der Waals surface area contributed by atoms with Crippen LogP contribution in [0.2, 0.25) is 0 Å². The molecule has 3 heteroatoms. The third kappa shape index (κ3) is 4.03. The molecule has 0 saturated heterocycles. The molecule has 0 aliphatic rings. The molecular formula is C17H19FIN. The van der Waals surface area contributed by atoms with E-state index >= 15 is 0 Å². The lowest BCUT2D eigenvalue weighted by Crippen LogP contribution is -2.23. The number of rotatable bonds is 5. The summed E-state index contributed by atoms with van der Waals surface area (Å²) in [5.74, 6) is -0.140. The minimum absolute atomic E-state index is 0.140. The monoisotopic (exact) mass is 383 g/mol. The molecule has 0 amide bonds. The summed E-state index contributed by atoms with van der Waals surface area (Å²) in [7, 11) is 0. The van der Waals surface area contributed by atoms with Crippen LogP contribution < -0.4 is 5.32 Å². The number of nitrogens with one attached hydrogen (secondary N) is 1. The molecule has 1 N–H and O–H groups in total. The highest BCUT2D eigenvalue weighted by atomic mass is 127. The van der Waals surface area contributed by atoms with E-state index in [9.17, 15) is 4.39 Å². The van der Waals surface area contributed by atoms with Gasteiger partial charge in [0.05, 0.1) is 0 Å². The second kappa shape index (κ2) is 7.18. The summed E-state index contributed by atoms with van der Waals surface area (Å²) in [6.45, 7) is 4.80. The van der Waals surface area contributed by atoms with Crippen molar-refractivity contribution in [1.82, 2.24) is 5.32 Å². The highest BCUT2D eigenvalue weighted by molar-refractivity contribution is 14.1. The van der Waals surface area contributed by atoms with E-state index in [4.69, 9.17) is 0 Å². The number of hydrogen-bond acceptors (Lipinski definition) is 1. The number of likely N-dealkylation sites (N-methyl/N-ethyl adjacent to an activating group) is 1. The third-order valence-corrected chi connectivity index (χ3v) is 4.11.